The van der Waals surface area contributed by atoms with Gasteiger partial charge in [0.25, 0.3) is 5.91 Å². The Hall–Kier alpha value is -3.47. The van der Waals surface area contributed by atoms with Gasteiger partial charge in [-0.3, -0.25) is 14.6 Å². The molecule has 4 rings (SSSR count). The fraction of sp³-hybridized carbons (Fsp3) is 0.321. The van der Waals surface area contributed by atoms with E-state index in [2.05, 4.69) is 35.4 Å². The molecule has 1 saturated heterocycles. The first kappa shape index (κ1) is 22.7. The minimum Gasteiger partial charge on any atom is -0.356 e. The molecule has 0 atom stereocenters. The first-order valence-corrected chi connectivity index (χ1v) is 11.7. The third kappa shape index (κ3) is 5.14. The summed E-state index contributed by atoms with van der Waals surface area (Å²) in [4.78, 5) is 32.6. The molecule has 1 N–H and O–H groups in total. The SMILES string of the molecule is CCCNC(=O)C1(Cc2ccccc2-c2cccnc2)CCN(C(=O)c2ccccc2)CC1. The van der Waals surface area contributed by atoms with E-state index in [1.807, 2.05) is 59.6 Å². The molecule has 0 spiro atoms. The second-order valence-corrected chi connectivity index (χ2v) is 8.77. The van der Waals surface area contributed by atoms with Gasteiger partial charge in [-0.15, -0.1) is 0 Å². The molecule has 0 aliphatic carbocycles. The number of piperidine rings is 1. The minimum atomic E-state index is -0.541. The second kappa shape index (κ2) is 10.4. The van der Waals surface area contributed by atoms with Crippen LogP contribution in [0.5, 0.6) is 0 Å². The maximum atomic E-state index is 13.5. The van der Waals surface area contributed by atoms with Crippen LogP contribution < -0.4 is 5.32 Å². The number of aromatic nitrogens is 1. The zero-order valence-electron chi connectivity index (χ0n) is 19.2. The van der Waals surface area contributed by atoms with Crippen molar-refractivity contribution in [1.82, 2.24) is 15.2 Å². The van der Waals surface area contributed by atoms with Crippen LogP contribution in [0, 0.1) is 5.41 Å². The van der Waals surface area contributed by atoms with Gasteiger partial charge in [-0.1, -0.05) is 55.5 Å². The van der Waals surface area contributed by atoms with Gasteiger partial charge < -0.3 is 10.2 Å². The third-order valence-electron chi connectivity index (χ3n) is 6.56. The average molecular weight is 442 g/mol. The predicted molar refractivity (Wildman–Crippen MR) is 131 cm³/mol. The summed E-state index contributed by atoms with van der Waals surface area (Å²) >= 11 is 0. The smallest absolute Gasteiger partial charge is 0.253 e. The molecule has 0 radical (unpaired) electrons. The van der Waals surface area contributed by atoms with Crippen molar-refractivity contribution in [3.63, 3.8) is 0 Å². The van der Waals surface area contributed by atoms with E-state index in [-0.39, 0.29) is 11.8 Å². The highest BCUT2D eigenvalue weighted by Gasteiger charge is 2.42. The van der Waals surface area contributed by atoms with E-state index in [1.165, 1.54) is 0 Å². The zero-order valence-corrected chi connectivity index (χ0v) is 19.2. The van der Waals surface area contributed by atoms with E-state index in [0.29, 0.717) is 44.5 Å². The monoisotopic (exact) mass is 441 g/mol. The quantitative estimate of drug-likeness (QED) is 0.576. The number of rotatable bonds is 7. The van der Waals surface area contributed by atoms with Gasteiger partial charge in [0.1, 0.15) is 0 Å². The van der Waals surface area contributed by atoms with Crippen LogP contribution in [0.4, 0.5) is 0 Å². The average Bonchev–Trinajstić information content (AvgIpc) is 2.88. The first-order valence-electron chi connectivity index (χ1n) is 11.7. The van der Waals surface area contributed by atoms with E-state index >= 15 is 0 Å². The van der Waals surface area contributed by atoms with Crippen molar-refractivity contribution in [2.24, 2.45) is 5.41 Å². The third-order valence-corrected chi connectivity index (χ3v) is 6.56. The molecule has 170 valence electrons. The molecule has 1 aromatic heterocycles. The van der Waals surface area contributed by atoms with Crippen LogP contribution in [-0.4, -0.2) is 41.3 Å². The van der Waals surface area contributed by atoms with E-state index in [1.54, 1.807) is 6.20 Å². The first-order chi connectivity index (χ1) is 16.1. The molecule has 33 heavy (non-hydrogen) atoms. The molecule has 1 aliphatic rings. The van der Waals surface area contributed by atoms with Gasteiger partial charge in [0.2, 0.25) is 5.91 Å². The van der Waals surface area contributed by atoms with Crippen molar-refractivity contribution in [1.29, 1.82) is 0 Å². The standard InChI is InChI=1S/C28H31N3O2/c1-2-16-30-27(33)28(14-18-31(19-15-28)26(32)22-9-4-3-5-10-22)20-23-11-6-7-13-25(23)24-12-8-17-29-21-24/h3-13,17,21H,2,14-16,18-20H2,1H3,(H,30,33). The molecular weight excluding hydrogens is 410 g/mol. The van der Waals surface area contributed by atoms with Gasteiger partial charge in [0.05, 0.1) is 5.41 Å². The number of hydrogen-bond donors (Lipinski definition) is 1. The van der Waals surface area contributed by atoms with Crippen LogP contribution in [0.15, 0.2) is 79.1 Å². The number of carbonyl (C=O) groups excluding carboxylic acids is 2. The Bertz CT molecular complexity index is 1070. The van der Waals surface area contributed by atoms with Crippen molar-refractivity contribution in [2.75, 3.05) is 19.6 Å². The van der Waals surface area contributed by atoms with Gasteiger partial charge in [0, 0.05) is 43.2 Å². The molecule has 5 nitrogen and oxygen atoms in total. The number of likely N-dealkylation sites (tertiary alicyclic amines) is 1. The number of carbonyl (C=O) groups is 2. The van der Waals surface area contributed by atoms with Crippen LogP contribution in [0.3, 0.4) is 0 Å². The Morgan fingerprint density at radius 3 is 2.39 bits per heavy atom. The lowest BCUT2D eigenvalue weighted by molar-refractivity contribution is -0.133. The number of nitrogens with one attached hydrogen (secondary N) is 1. The number of pyridine rings is 1. The largest absolute Gasteiger partial charge is 0.356 e. The van der Waals surface area contributed by atoms with Crippen molar-refractivity contribution in [3.8, 4) is 11.1 Å². The lowest BCUT2D eigenvalue weighted by Gasteiger charge is -2.41. The van der Waals surface area contributed by atoms with Gasteiger partial charge in [-0.05, 0) is 55.0 Å². The summed E-state index contributed by atoms with van der Waals surface area (Å²) in [6.45, 7) is 3.87. The van der Waals surface area contributed by atoms with E-state index in [0.717, 1.165) is 23.1 Å². The second-order valence-electron chi connectivity index (χ2n) is 8.77. The summed E-state index contributed by atoms with van der Waals surface area (Å²) in [5, 5.41) is 3.14. The summed E-state index contributed by atoms with van der Waals surface area (Å²) < 4.78 is 0. The summed E-state index contributed by atoms with van der Waals surface area (Å²) in [6.07, 6.45) is 6.45. The molecule has 0 unspecified atom stereocenters. The van der Waals surface area contributed by atoms with Gasteiger partial charge in [-0.2, -0.15) is 0 Å². The molecule has 2 aromatic carbocycles. The Balaban J connectivity index is 1.59. The maximum Gasteiger partial charge on any atom is 0.253 e. The summed E-state index contributed by atoms with van der Waals surface area (Å²) in [7, 11) is 0. The molecule has 5 heteroatoms. The molecule has 0 saturated carbocycles. The van der Waals surface area contributed by atoms with Gasteiger partial charge >= 0.3 is 0 Å². The highest BCUT2D eigenvalue weighted by molar-refractivity contribution is 5.94. The van der Waals surface area contributed by atoms with Crippen LogP contribution in [-0.2, 0) is 11.2 Å². The normalized spacial score (nSPS) is 15.1. The fourth-order valence-corrected chi connectivity index (χ4v) is 4.65. The van der Waals surface area contributed by atoms with Crippen molar-refractivity contribution >= 4 is 11.8 Å². The highest BCUT2D eigenvalue weighted by Crippen LogP contribution is 2.38. The van der Waals surface area contributed by atoms with Gasteiger partial charge in [-0.25, -0.2) is 0 Å². The molecular formula is C28H31N3O2. The Kier molecular flexibility index (Phi) is 7.18. The highest BCUT2D eigenvalue weighted by atomic mass is 16.2. The minimum absolute atomic E-state index is 0.0360. The van der Waals surface area contributed by atoms with Crippen molar-refractivity contribution in [2.45, 2.75) is 32.6 Å². The van der Waals surface area contributed by atoms with Crippen LogP contribution in [0.25, 0.3) is 11.1 Å². The number of hydrogen-bond acceptors (Lipinski definition) is 3. The Morgan fingerprint density at radius 1 is 0.970 bits per heavy atom. The lowest BCUT2D eigenvalue weighted by atomic mass is 9.72. The van der Waals surface area contributed by atoms with Crippen LogP contribution in [0.1, 0.15) is 42.1 Å². The molecule has 0 bridgehead atoms. The summed E-state index contributed by atoms with van der Waals surface area (Å²) in [6, 6.07) is 21.6. The van der Waals surface area contributed by atoms with E-state index < -0.39 is 5.41 Å². The molecule has 1 fully saturated rings. The number of benzene rings is 2. The summed E-state index contributed by atoms with van der Waals surface area (Å²) in [5.41, 5.74) is 3.45. The predicted octanol–water partition coefficient (Wildman–Crippen LogP) is 4.74. The number of amides is 2. The van der Waals surface area contributed by atoms with E-state index in [9.17, 15) is 9.59 Å². The van der Waals surface area contributed by atoms with Crippen molar-refractivity contribution < 1.29 is 9.59 Å². The topological polar surface area (TPSA) is 62.3 Å². The Labute approximate surface area is 195 Å². The maximum absolute atomic E-state index is 13.5. The van der Waals surface area contributed by atoms with Crippen LogP contribution >= 0.6 is 0 Å². The van der Waals surface area contributed by atoms with E-state index in [4.69, 9.17) is 0 Å². The summed E-state index contributed by atoms with van der Waals surface area (Å²) in [5.74, 6) is 0.131. The van der Waals surface area contributed by atoms with Crippen molar-refractivity contribution in [3.05, 3.63) is 90.3 Å². The van der Waals surface area contributed by atoms with Gasteiger partial charge in [0.15, 0.2) is 0 Å². The molecule has 2 amide bonds. The fourth-order valence-electron chi connectivity index (χ4n) is 4.65. The Morgan fingerprint density at radius 2 is 1.70 bits per heavy atom. The lowest BCUT2D eigenvalue weighted by Crippen LogP contribution is -2.51. The zero-order chi connectivity index (χ0) is 23.1. The molecule has 2 heterocycles. The molecule has 1 aliphatic heterocycles. The van der Waals surface area contributed by atoms with Crippen LogP contribution in [0.2, 0.25) is 0 Å². The number of nitrogens with zero attached hydrogens (tertiary/aromatic N) is 2. The molecule has 3 aromatic rings.